The molecule has 0 bridgehead atoms. The molecule has 1 aliphatic heterocycles. The average Bonchev–Trinajstić information content (AvgIpc) is 2.66. The quantitative estimate of drug-likeness (QED) is 0.555. The number of benzene rings is 1. The molecule has 2 unspecified atom stereocenters. The number of anilines is 1. The Morgan fingerprint density at radius 1 is 1.31 bits per heavy atom. The number of Topliss-reactive ketones (excluding diaryl/α,β-unsaturated/α-hetero) is 1. The van der Waals surface area contributed by atoms with Crippen LogP contribution in [0.3, 0.4) is 0 Å². The van der Waals surface area contributed by atoms with Gasteiger partial charge in [-0.15, -0.1) is 0 Å². The number of aromatic nitrogens is 1. The van der Waals surface area contributed by atoms with Gasteiger partial charge >= 0.3 is 0 Å². The third-order valence-electron chi connectivity index (χ3n) is 4.60. The van der Waals surface area contributed by atoms with Crippen LogP contribution in [-0.2, 0) is 11.3 Å². The van der Waals surface area contributed by atoms with E-state index < -0.39 is 5.92 Å². The minimum atomic E-state index is -0.808. The summed E-state index contributed by atoms with van der Waals surface area (Å²) in [7, 11) is 1.91. The summed E-state index contributed by atoms with van der Waals surface area (Å²) in [5, 5.41) is 9.31. The normalized spacial score (nSPS) is 17.2. The molecule has 2 atom stereocenters. The molecular formula is C19H21ClN4O2. The molecule has 2 aromatic rings. The highest BCUT2D eigenvalue weighted by molar-refractivity contribution is 6.29. The van der Waals surface area contributed by atoms with Crippen LogP contribution in [0.4, 0.5) is 5.69 Å². The predicted molar refractivity (Wildman–Crippen MR) is 101 cm³/mol. The fourth-order valence-electron chi connectivity index (χ4n) is 2.85. The standard InChI is InChI=1S/C19H21ClN4O2/c1-11(21-2)13-5-3-12(4-6-13)9-23-19(26)14-10-22-15-7-8-16(20)24-17(15)18(14)25/h3-8,11,14,21-22H,9-10H2,1-2H3,(H,23,26). The number of amides is 1. The van der Waals surface area contributed by atoms with Crippen molar-refractivity contribution in [3.63, 3.8) is 0 Å². The molecule has 3 rings (SSSR count). The Kier molecular flexibility index (Phi) is 5.54. The van der Waals surface area contributed by atoms with Crippen LogP contribution in [0.15, 0.2) is 36.4 Å². The molecule has 0 aliphatic carbocycles. The van der Waals surface area contributed by atoms with Crippen LogP contribution in [0.5, 0.6) is 0 Å². The van der Waals surface area contributed by atoms with Crippen LogP contribution in [0.25, 0.3) is 0 Å². The maximum atomic E-state index is 12.5. The summed E-state index contributed by atoms with van der Waals surface area (Å²) in [6.07, 6.45) is 0. The van der Waals surface area contributed by atoms with E-state index in [2.05, 4.69) is 27.9 Å². The van der Waals surface area contributed by atoms with Crippen molar-refractivity contribution < 1.29 is 9.59 Å². The monoisotopic (exact) mass is 372 g/mol. The maximum Gasteiger partial charge on any atom is 0.233 e. The highest BCUT2D eigenvalue weighted by atomic mass is 35.5. The largest absolute Gasteiger partial charge is 0.382 e. The van der Waals surface area contributed by atoms with Gasteiger partial charge in [0.15, 0.2) is 5.78 Å². The highest BCUT2D eigenvalue weighted by Crippen LogP contribution is 2.25. The average molecular weight is 373 g/mol. The molecule has 3 N–H and O–H groups in total. The van der Waals surface area contributed by atoms with Gasteiger partial charge in [0, 0.05) is 19.1 Å². The number of nitrogens with zero attached hydrogens (tertiary/aromatic N) is 1. The fourth-order valence-corrected chi connectivity index (χ4v) is 3.00. The maximum absolute atomic E-state index is 12.5. The molecular weight excluding hydrogens is 352 g/mol. The van der Waals surface area contributed by atoms with Gasteiger partial charge in [-0.1, -0.05) is 35.9 Å². The van der Waals surface area contributed by atoms with Gasteiger partial charge in [-0.05, 0) is 37.2 Å². The smallest absolute Gasteiger partial charge is 0.233 e. The minimum absolute atomic E-state index is 0.217. The van der Waals surface area contributed by atoms with Gasteiger partial charge in [0.05, 0.1) is 5.69 Å². The fraction of sp³-hybridized carbons (Fsp3) is 0.316. The second-order valence-corrected chi connectivity index (χ2v) is 6.68. The number of carbonyl (C=O) groups is 2. The molecule has 7 heteroatoms. The Hall–Kier alpha value is -2.44. The Morgan fingerprint density at radius 2 is 2.04 bits per heavy atom. The molecule has 1 aromatic heterocycles. The van der Waals surface area contributed by atoms with Crippen molar-refractivity contribution in [1.82, 2.24) is 15.6 Å². The first-order valence-corrected chi connectivity index (χ1v) is 8.86. The molecule has 0 saturated carbocycles. The lowest BCUT2D eigenvalue weighted by Crippen LogP contribution is -2.42. The van der Waals surface area contributed by atoms with E-state index in [1.54, 1.807) is 12.1 Å². The van der Waals surface area contributed by atoms with Crippen molar-refractivity contribution in [2.75, 3.05) is 18.9 Å². The molecule has 0 radical (unpaired) electrons. The molecule has 26 heavy (non-hydrogen) atoms. The van der Waals surface area contributed by atoms with E-state index in [0.29, 0.717) is 12.2 Å². The van der Waals surface area contributed by atoms with E-state index in [4.69, 9.17) is 11.6 Å². The minimum Gasteiger partial charge on any atom is -0.382 e. The van der Waals surface area contributed by atoms with Crippen LogP contribution < -0.4 is 16.0 Å². The molecule has 1 aliphatic rings. The second kappa shape index (κ2) is 7.85. The Morgan fingerprint density at radius 3 is 2.73 bits per heavy atom. The number of rotatable bonds is 5. The van der Waals surface area contributed by atoms with Gasteiger partial charge in [0.2, 0.25) is 5.91 Å². The molecule has 1 amide bonds. The predicted octanol–water partition coefficient (Wildman–Crippen LogP) is 2.56. The Bertz CT molecular complexity index is 823. The SMILES string of the molecule is CNC(C)c1ccc(CNC(=O)C2CNc3ccc(Cl)nc3C2=O)cc1. The first kappa shape index (κ1) is 18.4. The van der Waals surface area contributed by atoms with Gasteiger partial charge in [0.1, 0.15) is 16.8 Å². The molecule has 0 saturated heterocycles. The van der Waals surface area contributed by atoms with Crippen molar-refractivity contribution in [3.05, 3.63) is 58.4 Å². The second-order valence-electron chi connectivity index (χ2n) is 6.30. The summed E-state index contributed by atoms with van der Waals surface area (Å²) in [5.41, 5.74) is 2.98. The van der Waals surface area contributed by atoms with Gasteiger partial charge < -0.3 is 16.0 Å². The zero-order valence-corrected chi connectivity index (χ0v) is 15.4. The Labute approximate surface area is 157 Å². The topological polar surface area (TPSA) is 83.1 Å². The first-order valence-electron chi connectivity index (χ1n) is 8.48. The van der Waals surface area contributed by atoms with E-state index >= 15 is 0 Å². The molecule has 0 spiro atoms. The van der Waals surface area contributed by atoms with Gasteiger partial charge in [-0.3, -0.25) is 9.59 Å². The summed E-state index contributed by atoms with van der Waals surface area (Å²) in [4.78, 5) is 29.0. The Balaban J connectivity index is 1.63. The third-order valence-corrected chi connectivity index (χ3v) is 4.81. The van der Waals surface area contributed by atoms with Crippen LogP contribution in [0.2, 0.25) is 5.15 Å². The molecule has 1 aromatic carbocycles. The van der Waals surface area contributed by atoms with E-state index in [9.17, 15) is 9.59 Å². The summed E-state index contributed by atoms with van der Waals surface area (Å²) in [6.45, 7) is 2.70. The van der Waals surface area contributed by atoms with Crippen molar-refractivity contribution >= 4 is 29.0 Å². The zero-order chi connectivity index (χ0) is 18.7. The number of carbonyl (C=O) groups excluding carboxylic acids is 2. The summed E-state index contributed by atoms with van der Waals surface area (Å²) >= 11 is 5.86. The summed E-state index contributed by atoms with van der Waals surface area (Å²) < 4.78 is 0. The van der Waals surface area contributed by atoms with Crippen molar-refractivity contribution in [2.24, 2.45) is 5.92 Å². The summed E-state index contributed by atoms with van der Waals surface area (Å²) in [6, 6.07) is 11.6. The lowest BCUT2D eigenvalue weighted by atomic mass is 9.95. The van der Waals surface area contributed by atoms with Gasteiger partial charge in [-0.2, -0.15) is 0 Å². The van der Waals surface area contributed by atoms with E-state index in [0.717, 1.165) is 5.56 Å². The van der Waals surface area contributed by atoms with Gasteiger partial charge in [-0.25, -0.2) is 4.98 Å². The lowest BCUT2D eigenvalue weighted by molar-refractivity contribution is -0.123. The molecule has 136 valence electrons. The van der Waals surface area contributed by atoms with Crippen LogP contribution >= 0.6 is 11.6 Å². The lowest BCUT2D eigenvalue weighted by Gasteiger charge is -2.23. The van der Waals surface area contributed by atoms with Crippen molar-refractivity contribution in [1.29, 1.82) is 0 Å². The van der Waals surface area contributed by atoms with E-state index in [1.807, 2.05) is 31.3 Å². The molecule has 6 nitrogen and oxygen atoms in total. The van der Waals surface area contributed by atoms with Crippen LogP contribution in [0, 0.1) is 5.92 Å². The highest BCUT2D eigenvalue weighted by Gasteiger charge is 2.34. The van der Waals surface area contributed by atoms with Gasteiger partial charge in [0.25, 0.3) is 0 Å². The van der Waals surface area contributed by atoms with Crippen molar-refractivity contribution in [3.8, 4) is 0 Å². The third kappa shape index (κ3) is 3.86. The number of hydrogen-bond donors (Lipinski definition) is 3. The van der Waals surface area contributed by atoms with Crippen LogP contribution in [-0.4, -0.2) is 30.3 Å². The first-order chi connectivity index (χ1) is 12.5. The number of halogens is 1. The molecule has 2 heterocycles. The van der Waals surface area contributed by atoms with E-state index in [-0.39, 0.29) is 35.1 Å². The number of pyridine rings is 1. The number of fused-ring (bicyclic) bond motifs is 1. The molecule has 0 fully saturated rings. The van der Waals surface area contributed by atoms with Crippen LogP contribution in [0.1, 0.15) is 34.6 Å². The number of hydrogen-bond acceptors (Lipinski definition) is 5. The van der Waals surface area contributed by atoms with E-state index in [1.165, 1.54) is 5.56 Å². The number of nitrogens with one attached hydrogen (secondary N) is 3. The summed E-state index contributed by atoms with van der Waals surface area (Å²) in [5.74, 6) is -1.43. The van der Waals surface area contributed by atoms with Crippen molar-refractivity contribution in [2.45, 2.75) is 19.5 Å². The number of ketones is 1. The zero-order valence-electron chi connectivity index (χ0n) is 14.7.